The lowest BCUT2D eigenvalue weighted by Crippen LogP contribution is -2.26. The van der Waals surface area contributed by atoms with Gasteiger partial charge in [-0.15, -0.1) is 0 Å². The predicted molar refractivity (Wildman–Crippen MR) is 115 cm³/mol. The maximum Gasteiger partial charge on any atom is 0.271 e. The standard InChI is InChI=1S/C23H33N5O2/c1-23(2,3)22-27-20(15-28(22)14-17-7-10-30-11-8-17)18-12-24-13-19(26-18)21(29)25-9-6-16-4-5-16/h12-13,15-17H,4-11,14H2,1-3H3,(H,25,29). The second-order valence-corrected chi connectivity index (χ2v) is 9.69. The molecular weight excluding hydrogens is 378 g/mol. The quantitative estimate of drug-likeness (QED) is 0.753. The van der Waals surface area contributed by atoms with Gasteiger partial charge in [0.05, 0.1) is 12.4 Å². The molecule has 7 nitrogen and oxygen atoms in total. The molecule has 7 heteroatoms. The highest BCUT2D eigenvalue weighted by Gasteiger charge is 2.25. The molecule has 1 N–H and O–H groups in total. The van der Waals surface area contributed by atoms with Gasteiger partial charge < -0.3 is 14.6 Å². The van der Waals surface area contributed by atoms with E-state index in [9.17, 15) is 4.79 Å². The maximum absolute atomic E-state index is 12.5. The minimum Gasteiger partial charge on any atom is -0.381 e. The minimum absolute atomic E-state index is 0.0886. The van der Waals surface area contributed by atoms with Crippen molar-refractivity contribution >= 4 is 5.91 Å². The third-order valence-electron chi connectivity index (χ3n) is 5.91. The number of ether oxygens (including phenoxy) is 1. The summed E-state index contributed by atoms with van der Waals surface area (Å²) in [7, 11) is 0. The average Bonchev–Trinajstić information content (AvgIpc) is 3.45. The number of carbonyl (C=O) groups is 1. The number of nitrogens with zero attached hydrogens (tertiary/aromatic N) is 4. The Bertz CT molecular complexity index is 876. The molecule has 162 valence electrons. The Labute approximate surface area is 178 Å². The molecule has 1 saturated heterocycles. The van der Waals surface area contributed by atoms with Crippen LogP contribution in [0.15, 0.2) is 18.6 Å². The highest BCUT2D eigenvalue weighted by atomic mass is 16.5. The number of aromatic nitrogens is 4. The zero-order valence-electron chi connectivity index (χ0n) is 18.4. The van der Waals surface area contributed by atoms with Gasteiger partial charge in [0.15, 0.2) is 0 Å². The summed E-state index contributed by atoms with van der Waals surface area (Å²) in [4.78, 5) is 26.2. The van der Waals surface area contributed by atoms with E-state index in [0.717, 1.165) is 56.5 Å². The highest BCUT2D eigenvalue weighted by Crippen LogP contribution is 2.31. The Morgan fingerprint density at radius 3 is 2.57 bits per heavy atom. The topological polar surface area (TPSA) is 81.9 Å². The van der Waals surface area contributed by atoms with Crippen molar-refractivity contribution in [3.63, 3.8) is 0 Å². The summed E-state index contributed by atoms with van der Waals surface area (Å²) < 4.78 is 7.77. The Kier molecular flexibility index (Phi) is 6.18. The van der Waals surface area contributed by atoms with Crippen molar-refractivity contribution in [2.24, 2.45) is 11.8 Å². The van der Waals surface area contributed by atoms with Crippen molar-refractivity contribution in [2.75, 3.05) is 19.8 Å². The van der Waals surface area contributed by atoms with Crippen LogP contribution in [0, 0.1) is 11.8 Å². The smallest absolute Gasteiger partial charge is 0.271 e. The van der Waals surface area contributed by atoms with Gasteiger partial charge in [-0.1, -0.05) is 33.6 Å². The first-order chi connectivity index (χ1) is 14.4. The summed E-state index contributed by atoms with van der Waals surface area (Å²) in [5.74, 6) is 2.25. The van der Waals surface area contributed by atoms with Gasteiger partial charge in [-0.05, 0) is 31.1 Å². The van der Waals surface area contributed by atoms with Crippen molar-refractivity contribution in [3.05, 3.63) is 30.1 Å². The van der Waals surface area contributed by atoms with Gasteiger partial charge in [-0.3, -0.25) is 9.78 Å². The van der Waals surface area contributed by atoms with Crippen LogP contribution in [-0.4, -0.2) is 45.2 Å². The summed E-state index contributed by atoms with van der Waals surface area (Å²) in [5.41, 5.74) is 1.67. The lowest BCUT2D eigenvalue weighted by atomic mass is 9.94. The molecular formula is C23H33N5O2. The molecule has 1 amide bonds. The number of hydrogen-bond donors (Lipinski definition) is 1. The van der Waals surface area contributed by atoms with Crippen LogP contribution in [0.25, 0.3) is 11.4 Å². The molecule has 1 aliphatic carbocycles. The van der Waals surface area contributed by atoms with Crippen LogP contribution in [0.5, 0.6) is 0 Å². The van der Waals surface area contributed by atoms with E-state index in [1.807, 2.05) is 0 Å². The zero-order chi connectivity index (χ0) is 21.1. The SMILES string of the molecule is CC(C)(C)c1nc(-c2cncc(C(=O)NCCC3CC3)n2)cn1CC1CCOCC1. The van der Waals surface area contributed by atoms with E-state index in [4.69, 9.17) is 9.72 Å². The minimum atomic E-state index is -0.164. The fraction of sp³-hybridized carbons (Fsp3) is 0.652. The third-order valence-corrected chi connectivity index (χ3v) is 5.91. The van der Waals surface area contributed by atoms with Crippen LogP contribution in [0.2, 0.25) is 0 Å². The number of imidazole rings is 1. The molecule has 0 radical (unpaired) electrons. The number of hydrogen-bond acceptors (Lipinski definition) is 5. The van der Waals surface area contributed by atoms with Crippen LogP contribution in [-0.2, 0) is 16.7 Å². The van der Waals surface area contributed by atoms with E-state index < -0.39 is 0 Å². The molecule has 0 unspecified atom stereocenters. The molecule has 0 bridgehead atoms. The van der Waals surface area contributed by atoms with Crippen LogP contribution >= 0.6 is 0 Å². The van der Waals surface area contributed by atoms with E-state index in [2.05, 4.69) is 46.8 Å². The summed E-state index contributed by atoms with van der Waals surface area (Å²) in [6, 6.07) is 0. The number of rotatable bonds is 7. The van der Waals surface area contributed by atoms with Gasteiger partial charge in [0.2, 0.25) is 0 Å². The molecule has 1 aliphatic heterocycles. The van der Waals surface area contributed by atoms with Gasteiger partial charge in [-0.25, -0.2) is 9.97 Å². The first kappa shape index (κ1) is 21.0. The van der Waals surface area contributed by atoms with Gasteiger partial charge >= 0.3 is 0 Å². The number of amides is 1. The zero-order valence-corrected chi connectivity index (χ0v) is 18.4. The van der Waals surface area contributed by atoms with E-state index in [1.54, 1.807) is 6.20 Å². The summed E-state index contributed by atoms with van der Waals surface area (Å²) in [5, 5.41) is 2.97. The Balaban J connectivity index is 1.53. The number of carbonyl (C=O) groups excluding carboxylic acids is 1. The maximum atomic E-state index is 12.5. The Hall–Kier alpha value is -2.28. The molecule has 4 rings (SSSR count). The van der Waals surface area contributed by atoms with Crippen molar-refractivity contribution in [2.45, 2.75) is 64.8 Å². The molecule has 0 aromatic carbocycles. The summed E-state index contributed by atoms with van der Waals surface area (Å²) in [6.45, 7) is 9.82. The van der Waals surface area contributed by atoms with Crippen LogP contribution in [0.1, 0.15) is 69.2 Å². The lowest BCUT2D eigenvalue weighted by Gasteiger charge is -2.25. The molecule has 0 spiro atoms. The molecule has 3 heterocycles. The second kappa shape index (κ2) is 8.84. The molecule has 0 atom stereocenters. The van der Waals surface area contributed by atoms with Crippen LogP contribution in [0.4, 0.5) is 0 Å². The second-order valence-electron chi connectivity index (χ2n) is 9.69. The predicted octanol–water partition coefficient (Wildman–Crippen LogP) is 3.59. The van der Waals surface area contributed by atoms with E-state index >= 15 is 0 Å². The summed E-state index contributed by atoms with van der Waals surface area (Å²) in [6.07, 6.45) is 11.1. The molecule has 2 fully saturated rings. The first-order valence-electron chi connectivity index (χ1n) is 11.2. The fourth-order valence-electron chi connectivity index (χ4n) is 3.97. The molecule has 30 heavy (non-hydrogen) atoms. The van der Waals surface area contributed by atoms with Crippen molar-refractivity contribution in [3.8, 4) is 11.4 Å². The van der Waals surface area contributed by atoms with Crippen molar-refractivity contribution in [1.82, 2.24) is 24.8 Å². The molecule has 2 aromatic heterocycles. The Morgan fingerprint density at radius 1 is 1.10 bits per heavy atom. The van der Waals surface area contributed by atoms with Gasteiger partial charge in [-0.2, -0.15) is 0 Å². The van der Waals surface area contributed by atoms with Crippen molar-refractivity contribution < 1.29 is 9.53 Å². The van der Waals surface area contributed by atoms with Crippen LogP contribution < -0.4 is 5.32 Å². The van der Waals surface area contributed by atoms with E-state index in [0.29, 0.717) is 23.9 Å². The molecule has 1 saturated carbocycles. The monoisotopic (exact) mass is 411 g/mol. The lowest BCUT2D eigenvalue weighted by molar-refractivity contribution is 0.0607. The van der Waals surface area contributed by atoms with Gasteiger partial charge in [0.1, 0.15) is 22.9 Å². The first-order valence-corrected chi connectivity index (χ1v) is 11.2. The van der Waals surface area contributed by atoms with Gasteiger partial charge in [0.25, 0.3) is 5.91 Å². The third kappa shape index (κ3) is 5.25. The number of nitrogens with one attached hydrogen (secondary N) is 1. The van der Waals surface area contributed by atoms with Crippen molar-refractivity contribution in [1.29, 1.82) is 0 Å². The van der Waals surface area contributed by atoms with E-state index in [1.165, 1.54) is 19.0 Å². The van der Waals surface area contributed by atoms with Crippen LogP contribution in [0.3, 0.4) is 0 Å². The molecule has 2 aromatic rings. The largest absolute Gasteiger partial charge is 0.381 e. The molecule has 2 aliphatic rings. The fourth-order valence-corrected chi connectivity index (χ4v) is 3.97. The summed E-state index contributed by atoms with van der Waals surface area (Å²) >= 11 is 0. The highest BCUT2D eigenvalue weighted by molar-refractivity contribution is 5.92. The van der Waals surface area contributed by atoms with E-state index in [-0.39, 0.29) is 11.3 Å². The Morgan fingerprint density at radius 2 is 1.87 bits per heavy atom. The van der Waals surface area contributed by atoms with Gasteiger partial charge in [0, 0.05) is 37.9 Å². The average molecular weight is 412 g/mol. The normalized spacial score (nSPS) is 17.8.